The van der Waals surface area contributed by atoms with E-state index >= 15 is 0 Å². The van der Waals surface area contributed by atoms with Crippen molar-refractivity contribution in [3.8, 4) is 11.5 Å². The van der Waals surface area contributed by atoms with Crippen molar-refractivity contribution in [2.75, 3.05) is 0 Å². The fraction of sp³-hybridized carbons (Fsp3) is 0.0769. The second-order valence-corrected chi connectivity index (χ2v) is 4.75. The summed E-state index contributed by atoms with van der Waals surface area (Å²) in [6.07, 6.45) is 1.21. The van der Waals surface area contributed by atoms with Gasteiger partial charge < -0.3 is 9.84 Å². The largest absolute Gasteiger partial charge is 0.477 e. The van der Waals surface area contributed by atoms with Gasteiger partial charge in [-0.3, -0.25) is 4.98 Å². The minimum absolute atomic E-state index is 0.0778. The van der Waals surface area contributed by atoms with E-state index in [0.29, 0.717) is 10.2 Å². The summed E-state index contributed by atoms with van der Waals surface area (Å²) < 4.78 is 19.2. The molecule has 1 N–H and O–H groups in total. The number of pyridine rings is 1. The van der Waals surface area contributed by atoms with Crippen LogP contribution in [0.15, 0.2) is 34.9 Å². The van der Waals surface area contributed by atoms with Crippen molar-refractivity contribution < 1.29 is 19.0 Å². The van der Waals surface area contributed by atoms with Crippen molar-refractivity contribution in [1.82, 2.24) is 4.98 Å². The number of nitrogens with zero attached hydrogens (tertiary/aromatic N) is 1. The van der Waals surface area contributed by atoms with Gasteiger partial charge in [-0.25, -0.2) is 9.18 Å². The lowest BCUT2D eigenvalue weighted by molar-refractivity contribution is 0.0693. The quantitative estimate of drug-likeness (QED) is 0.932. The Hall–Kier alpha value is -1.95. The molecule has 0 aliphatic carbocycles. The van der Waals surface area contributed by atoms with Gasteiger partial charge in [0.05, 0.1) is 0 Å². The van der Waals surface area contributed by atoms with Crippen LogP contribution < -0.4 is 4.74 Å². The highest BCUT2D eigenvalue weighted by Crippen LogP contribution is 2.28. The summed E-state index contributed by atoms with van der Waals surface area (Å²) >= 11 is 3.14. The first kappa shape index (κ1) is 13.5. The van der Waals surface area contributed by atoms with Gasteiger partial charge in [0.25, 0.3) is 0 Å². The minimum atomic E-state index is -1.15. The van der Waals surface area contributed by atoms with E-state index in [1.54, 1.807) is 13.0 Å². The molecule has 2 aromatic rings. The highest BCUT2D eigenvalue weighted by Gasteiger charge is 2.13. The first-order valence-electron chi connectivity index (χ1n) is 5.29. The molecule has 0 aliphatic rings. The lowest BCUT2D eigenvalue weighted by atomic mass is 10.2. The monoisotopic (exact) mass is 325 g/mol. The number of carboxylic acids is 1. The van der Waals surface area contributed by atoms with Gasteiger partial charge in [-0.15, -0.1) is 0 Å². The summed E-state index contributed by atoms with van der Waals surface area (Å²) in [5, 5.41) is 9.04. The summed E-state index contributed by atoms with van der Waals surface area (Å²) in [5.41, 5.74) is 0.529. The minimum Gasteiger partial charge on any atom is -0.477 e. The van der Waals surface area contributed by atoms with E-state index < -0.39 is 11.8 Å². The highest BCUT2D eigenvalue weighted by molar-refractivity contribution is 9.10. The van der Waals surface area contributed by atoms with Gasteiger partial charge in [0, 0.05) is 28.5 Å². The van der Waals surface area contributed by atoms with Gasteiger partial charge in [0.1, 0.15) is 22.9 Å². The van der Waals surface area contributed by atoms with Crippen LogP contribution in [0.2, 0.25) is 0 Å². The van der Waals surface area contributed by atoms with Crippen LogP contribution in [0.3, 0.4) is 0 Å². The molecule has 0 aliphatic heterocycles. The number of aromatic nitrogens is 1. The molecule has 0 fully saturated rings. The number of hydrogen-bond acceptors (Lipinski definition) is 3. The predicted octanol–water partition coefficient (Wildman–Crippen LogP) is 3.78. The zero-order chi connectivity index (χ0) is 14.0. The van der Waals surface area contributed by atoms with E-state index in [1.165, 1.54) is 24.4 Å². The fourth-order valence-corrected chi connectivity index (χ4v) is 1.94. The van der Waals surface area contributed by atoms with Crippen molar-refractivity contribution in [2.24, 2.45) is 0 Å². The Morgan fingerprint density at radius 1 is 1.37 bits per heavy atom. The summed E-state index contributed by atoms with van der Waals surface area (Å²) in [6.45, 7) is 1.71. The second-order valence-electron chi connectivity index (χ2n) is 3.83. The van der Waals surface area contributed by atoms with Crippen LogP contribution in [-0.2, 0) is 0 Å². The molecule has 0 saturated carbocycles. The van der Waals surface area contributed by atoms with Crippen molar-refractivity contribution in [1.29, 1.82) is 0 Å². The van der Waals surface area contributed by atoms with E-state index in [4.69, 9.17) is 9.84 Å². The van der Waals surface area contributed by atoms with Gasteiger partial charge in [0.15, 0.2) is 0 Å². The van der Waals surface area contributed by atoms with E-state index in [-0.39, 0.29) is 17.1 Å². The van der Waals surface area contributed by atoms with E-state index in [1.807, 2.05) is 0 Å². The molecule has 1 aromatic carbocycles. The third-order valence-corrected chi connectivity index (χ3v) is 2.75. The van der Waals surface area contributed by atoms with Gasteiger partial charge in [-0.2, -0.15) is 0 Å². The highest BCUT2D eigenvalue weighted by atomic mass is 79.9. The maximum absolute atomic E-state index is 13.2. The zero-order valence-electron chi connectivity index (χ0n) is 9.85. The van der Waals surface area contributed by atoms with Crippen molar-refractivity contribution in [3.63, 3.8) is 0 Å². The Morgan fingerprint density at radius 2 is 2.11 bits per heavy atom. The van der Waals surface area contributed by atoms with E-state index in [9.17, 15) is 9.18 Å². The summed E-state index contributed by atoms with van der Waals surface area (Å²) in [4.78, 5) is 14.9. The molecule has 19 heavy (non-hydrogen) atoms. The summed E-state index contributed by atoms with van der Waals surface area (Å²) in [6, 6.07) is 5.49. The molecular weight excluding hydrogens is 317 g/mol. The summed E-state index contributed by atoms with van der Waals surface area (Å²) in [5.74, 6) is -1.30. The van der Waals surface area contributed by atoms with Crippen molar-refractivity contribution in [2.45, 2.75) is 6.92 Å². The molecule has 0 atom stereocenters. The maximum Gasteiger partial charge on any atom is 0.341 e. The normalized spacial score (nSPS) is 10.3. The molecule has 0 spiro atoms. The number of rotatable bonds is 3. The maximum atomic E-state index is 13.2. The Kier molecular flexibility index (Phi) is 3.80. The Labute approximate surface area is 117 Å². The van der Waals surface area contributed by atoms with Gasteiger partial charge in [0.2, 0.25) is 0 Å². The topological polar surface area (TPSA) is 59.4 Å². The van der Waals surface area contributed by atoms with Crippen molar-refractivity contribution in [3.05, 3.63) is 52.0 Å². The number of ether oxygens (including phenoxy) is 1. The number of aryl methyl sites for hydroxylation is 1. The molecule has 0 unspecified atom stereocenters. The lowest BCUT2D eigenvalue weighted by Crippen LogP contribution is -2.02. The molecule has 6 heteroatoms. The van der Waals surface area contributed by atoms with Crippen LogP contribution in [0.25, 0.3) is 0 Å². The molecule has 0 radical (unpaired) electrons. The average Bonchev–Trinajstić information content (AvgIpc) is 2.26. The first-order chi connectivity index (χ1) is 8.95. The first-order valence-corrected chi connectivity index (χ1v) is 6.09. The van der Waals surface area contributed by atoms with Gasteiger partial charge in [-0.05, 0) is 19.1 Å². The predicted molar refractivity (Wildman–Crippen MR) is 70.1 cm³/mol. The Morgan fingerprint density at radius 3 is 2.74 bits per heavy atom. The van der Waals surface area contributed by atoms with Gasteiger partial charge >= 0.3 is 5.97 Å². The Bertz CT molecular complexity index is 626. The van der Waals surface area contributed by atoms with Crippen LogP contribution in [0.1, 0.15) is 16.1 Å². The number of carboxylic acid groups (broad SMARTS) is 1. The Balaban J connectivity index is 2.42. The molecular formula is C13H9BrFNO3. The third kappa shape index (κ3) is 3.29. The molecule has 0 saturated heterocycles. The third-order valence-electron chi connectivity index (χ3n) is 2.30. The zero-order valence-corrected chi connectivity index (χ0v) is 11.4. The SMILES string of the molecule is Cc1cc(Oc2cc(F)cc(Br)c2)c(C(=O)O)cn1. The number of hydrogen-bond donors (Lipinski definition) is 1. The lowest BCUT2D eigenvalue weighted by Gasteiger charge is -2.09. The van der Waals surface area contributed by atoms with E-state index in [0.717, 1.165) is 0 Å². The number of benzene rings is 1. The molecule has 1 heterocycles. The number of halogens is 2. The van der Waals surface area contributed by atoms with Crippen LogP contribution in [0.5, 0.6) is 11.5 Å². The molecule has 0 bridgehead atoms. The van der Waals surface area contributed by atoms with Crippen LogP contribution in [-0.4, -0.2) is 16.1 Å². The molecule has 98 valence electrons. The van der Waals surface area contributed by atoms with E-state index in [2.05, 4.69) is 20.9 Å². The van der Waals surface area contributed by atoms with Crippen LogP contribution in [0, 0.1) is 12.7 Å². The standard InChI is InChI=1S/C13H9BrFNO3/c1-7-2-12(11(6-16-7)13(17)18)19-10-4-8(14)3-9(15)5-10/h2-6H,1H3,(H,17,18). The summed E-state index contributed by atoms with van der Waals surface area (Å²) in [7, 11) is 0. The average molecular weight is 326 g/mol. The number of aromatic carboxylic acids is 1. The second kappa shape index (κ2) is 5.36. The molecule has 0 amide bonds. The molecule has 1 aromatic heterocycles. The number of carbonyl (C=O) groups is 1. The van der Waals surface area contributed by atoms with Gasteiger partial charge in [-0.1, -0.05) is 15.9 Å². The van der Waals surface area contributed by atoms with Crippen molar-refractivity contribution >= 4 is 21.9 Å². The molecule has 4 nitrogen and oxygen atoms in total. The fourth-order valence-electron chi connectivity index (χ4n) is 1.49. The van der Waals surface area contributed by atoms with Crippen LogP contribution in [0.4, 0.5) is 4.39 Å². The smallest absolute Gasteiger partial charge is 0.341 e. The molecule has 2 rings (SSSR count). The van der Waals surface area contributed by atoms with Crippen LogP contribution >= 0.6 is 15.9 Å².